The lowest BCUT2D eigenvalue weighted by Crippen LogP contribution is -2.34. The van der Waals surface area contributed by atoms with E-state index < -0.39 is 5.91 Å². The summed E-state index contributed by atoms with van der Waals surface area (Å²) in [6.45, 7) is 0. The molecule has 2 atom stereocenters. The van der Waals surface area contributed by atoms with Crippen molar-refractivity contribution in [2.24, 2.45) is 5.73 Å². The second kappa shape index (κ2) is 9.82. The Hall–Kier alpha value is -2.80. The van der Waals surface area contributed by atoms with Crippen LogP contribution in [0.2, 0.25) is 0 Å². The van der Waals surface area contributed by atoms with E-state index in [2.05, 4.69) is 11.9 Å². The molecule has 0 radical (unpaired) electrons. The average Bonchev–Trinajstić information content (AvgIpc) is 3.28. The third-order valence-corrected chi connectivity index (χ3v) is 8.18. The lowest BCUT2D eigenvalue weighted by molar-refractivity contribution is -0.117. The fourth-order valence-electron chi connectivity index (χ4n) is 5.26. The second-order valence-electron chi connectivity index (χ2n) is 9.00. The van der Waals surface area contributed by atoms with Crippen LogP contribution in [0.5, 0.6) is 0 Å². The molecule has 1 aromatic heterocycles. The van der Waals surface area contributed by atoms with E-state index in [1.807, 2.05) is 30.3 Å². The van der Waals surface area contributed by atoms with Gasteiger partial charge in [0.05, 0.1) is 5.56 Å². The van der Waals surface area contributed by atoms with E-state index >= 15 is 0 Å². The van der Waals surface area contributed by atoms with Crippen molar-refractivity contribution < 1.29 is 14.4 Å². The molecule has 0 aliphatic carbocycles. The molecular formula is C27H27ClN2O3S. The molecule has 5 rings (SSSR count). The molecule has 34 heavy (non-hydrogen) atoms. The summed E-state index contributed by atoms with van der Waals surface area (Å²) in [7, 11) is 2.12. The summed E-state index contributed by atoms with van der Waals surface area (Å²) in [5.41, 5.74) is 9.51. The Balaban J connectivity index is 0.00000274. The number of hydrogen-bond donors (Lipinski definition) is 1. The highest BCUT2D eigenvalue weighted by atomic mass is 35.5. The first kappa shape index (κ1) is 24.3. The van der Waals surface area contributed by atoms with Crippen LogP contribution in [0.15, 0.2) is 54.6 Å². The van der Waals surface area contributed by atoms with Gasteiger partial charge in [0.1, 0.15) is 5.78 Å². The maximum atomic E-state index is 12.9. The zero-order chi connectivity index (χ0) is 23.1. The van der Waals surface area contributed by atoms with E-state index in [-0.39, 0.29) is 42.9 Å². The van der Waals surface area contributed by atoms with Gasteiger partial charge in [-0.3, -0.25) is 19.3 Å². The number of thiophene rings is 1. The van der Waals surface area contributed by atoms with Crippen molar-refractivity contribution >= 4 is 41.2 Å². The lowest BCUT2D eigenvalue weighted by Gasteiger charge is -2.31. The molecule has 1 amide bonds. The molecule has 2 bridgehead atoms. The number of fused-ring (bicyclic) bond motifs is 4. The van der Waals surface area contributed by atoms with Crippen molar-refractivity contribution in [2.75, 3.05) is 7.05 Å². The summed E-state index contributed by atoms with van der Waals surface area (Å²) in [6, 6.07) is 17.1. The quantitative estimate of drug-likeness (QED) is 0.489. The number of rotatable bonds is 7. The van der Waals surface area contributed by atoms with Crippen LogP contribution in [0.25, 0.3) is 0 Å². The van der Waals surface area contributed by atoms with Crippen LogP contribution >= 0.6 is 23.7 Å². The summed E-state index contributed by atoms with van der Waals surface area (Å²) < 4.78 is 0. The molecule has 1 saturated heterocycles. The molecule has 2 N–H and O–H groups in total. The van der Waals surface area contributed by atoms with E-state index in [1.165, 1.54) is 4.88 Å². The summed E-state index contributed by atoms with van der Waals surface area (Å²) in [5.74, 6) is -0.433. The fourth-order valence-corrected chi connectivity index (χ4v) is 6.73. The number of halogens is 1. The first-order valence-electron chi connectivity index (χ1n) is 11.3. The number of ketones is 2. The molecule has 1 fully saturated rings. The number of nitrogens with two attached hydrogens (primary N) is 1. The highest BCUT2D eigenvalue weighted by Gasteiger charge is 2.41. The van der Waals surface area contributed by atoms with Crippen LogP contribution in [0.1, 0.15) is 66.0 Å². The summed E-state index contributed by atoms with van der Waals surface area (Å²) >= 11 is 1.59. The summed E-state index contributed by atoms with van der Waals surface area (Å²) in [4.78, 5) is 42.2. The van der Waals surface area contributed by atoms with Crippen LogP contribution in [-0.4, -0.2) is 35.5 Å². The normalized spacial score (nSPS) is 18.7. The number of amides is 1. The van der Waals surface area contributed by atoms with Gasteiger partial charge in [-0.2, -0.15) is 0 Å². The number of carbonyl (C=O) groups excluding carboxylic acids is 3. The van der Waals surface area contributed by atoms with Crippen molar-refractivity contribution in [3.8, 4) is 0 Å². The predicted octanol–water partition coefficient (Wildman–Crippen LogP) is 4.55. The van der Waals surface area contributed by atoms with Crippen LogP contribution < -0.4 is 5.73 Å². The SMILES string of the molecule is CN1C2CC[C@@H]1Cc1sc(CC(=O)Cc3ccc(C(=O)c4ccccc4)cc3)c(C(N)=O)c12.Cl. The van der Waals surface area contributed by atoms with Crippen LogP contribution in [0.4, 0.5) is 0 Å². The van der Waals surface area contributed by atoms with Gasteiger partial charge in [-0.05, 0) is 37.4 Å². The maximum absolute atomic E-state index is 12.9. The maximum Gasteiger partial charge on any atom is 0.250 e. The molecule has 1 unspecified atom stereocenters. The number of likely N-dealkylation sites (N-methyl/N-ethyl adjacent to an activating group) is 1. The Morgan fingerprint density at radius 1 is 0.971 bits per heavy atom. The molecule has 7 heteroatoms. The first-order chi connectivity index (χ1) is 15.9. The van der Waals surface area contributed by atoms with Gasteiger partial charge in [0.25, 0.3) is 0 Å². The summed E-state index contributed by atoms with van der Waals surface area (Å²) in [5, 5.41) is 0. The minimum Gasteiger partial charge on any atom is -0.366 e. The van der Waals surface area contributed by atoms with Gasteiger partial charge in [-0.25, -0.2) is 0 Å². The third-order valence-electron chi connectivity index (χ3n) is 6.95. The number of benzene rings is 2. The monoisotopic (exact) mass is 494 g/mol. The highest BCUT2D eigenvalue weighted by molar-refractivity contribution is 7.12. The molecule has 3 heterocycles. The van der Waals surface area contributed by atoms with Crippen molar-refractivity contribution in [2.45, 2.75) is 44.2 Å². The fraction of sp³-hybridized carbons (Fsp3) is 0.296. The molecule has 176 valence electrons. The molecule has 2 aliphatic heterocycles. The largest absolute Gasteiger partial charge is 0.366 e. The molecule has 2 aromatic carbocycles. The van der Waals surface area contributed by atoms with Crippen LogP contribution in [0, 0.1) is 0 Å². The topological polar surface area (TPSA) is 80.5 Å². The minimum atomic E-state index is -0.433. The van der Waals surface area contributed by atoms with Gasteiger partial charge in [0.2, 0.25) is 5.91 Å². The average molecular weight is 495 g/mol. The van der Waals surface area contributed by atoms with Crippen molar-refractivity contribution in [3.63, 3.8) is 0 Å². The van der Waals surface area contributed by atoms with Gasteiger partial charge >= 0.3 is 0 Å². The Morgan fingerprint density at radius 3 is 2.32 bits per heavy atom. The Morgan fingerprint density at radius 2 is 1.65 bits per heavy atom. The van der Waals surface area contributed by atoms with E-state index in [4.69, 9.17) is 5.73 Å². The summed E-state index contributed by atoms with van der Waals surface area (Å²) in [6.07, 6.45) is 3.57. The van der Waals surface area contributed by atoms with Crippen LogP contribution in [0.3, 0.4) is 0 Å². The first-order valence-corrected chi connectivity index (χ1v) is 12.1. The molecule has 2 aliphatic rings. The Kier molecular flexibility index (Phi) is 7.03. The van der Waals surface area contributed by atoms with E-state index in [9.17, 15) is 14.4 Å². The Bertz CT molecular complexity index is 1240. The zero-order valence-electron chi connectivity index (χ0n) is 19.0. The van der Waals surface area contributed by atoms with Gasteiger partial charge in [0.15, 0.2) is 5.78 Å². The number of carbonyl (C=O) groups is 3. The molecule has 3 aromatic rings. The number of nitrogens with zero attached hydrogens (tertiary/aromatic N) is 1. The zero-order valence-corrected chi connectivity index (χ0v) is 20.6. The van der Waals surface area contributed by atoms with Crippen LogP contribution in [-0.2, 0) is 24.1 Å². The minimum absolute atomic E-state index is 0. The molecular weight excluding hydrogens is 468 g/mol. The van der Waals surface area contributed by atoms with E-state index in [0.717, 1.165) is 35.3 Å². The Labute approximate surface area is 209 Å². The van der Waals surface area contributed by atoms with Crippen molar-refractivity contribution in [1.29, 1.82) is 0 Å². The van der Waals surface area contributed by atoms with Gasteiger partial charge < -0.3 is 5.73 Å². The number of hydrogen-bond acceptors (Lipinski definition) is 5. The molecule has 0 saturated carbocycles. The number of Topliss-reactive ketones (excluding diaryl/α,β-unsaturated/α-hetero) is 1. The van der Waals surface area contributed by atoms with Gasteiger partial charge in [-0.1, -0.05) is 54.6 Å². The van der Waals surface area contributed by atoms with Crippen molar-refractivity contribution in [3.05, 3.63) is 92.2 Å². The van der Waals surface area contributed by atoms with Gasteiger partial charge in [-0.15, -0.1) is 23.7 Å². The van der Waals surface area contributed by atoms with Crippen molar-refractivity contribution in [1.82, 2.24) is 4.90 Å². The standard InChI is InChI=1S/C27H26N2O3S.ClH/c1-29-19-11-12-21(29)24-22(14-19)33-23(25(24)27(28)32)15-20(30)13-16-7-9-18(10-8-16)26(31)17-5-3-2-4-6-17;/h2-10,19,21H,11-15H2,1H3,(H2,28,32);1H/t19-,21?;/m1./s1. The highest BCUT2D eigenvalue weighted by Crippen LogP contribution is 2.48. The predicted molar refractivity (Wildman–Crippen MR) is 136 cm³/mol. The number of primary amides is 1. The third kappa shape index (κ3) is 4.45. The smallest absolute Gasteiger partial charge is 0.250 e. The second-order valence-corrected chi connectivity index (χ2v) is 10.2. The molecule has 0 spiro atoms. The van der Waals surface area contributed by atoms with E-state index in [0.29, 0.717) is 22.7 Å². The van der Waals surface area contributed by atoms with E-state index in [1.54, 1.807) is 35.6 Å². The lowest BCUT2D eigenvalue weighted by atomic mass is 9.94. The molecule has 5 nitrogen and oxygen atoms in total. The van der Waals surface area contributed by atoms with Gasteiger partial charge in [0, 0.05) is 45.8 Å².